The molecule has 0 unspecified atom stereocenters. The third kappa shape index (κ3) is 0.840. The van der Waals surface area contributed by atoms with E-state index in [1.165, 1.54) is 12.3 Å². The summed E-state index contributed by atoms with van der Waals surface area (Å²) in [4.78, 5) is 10.5. The van der Waals surface area contributed by atoms with E-state index in [0.717, 1.165) is 4.79 Å². The normalized spacial score (nSPS) is 9.12. The summed E-state index contributed by atoms with van der Waals surface area (Å²) in [7, 11) is 0. The molecule has 0 aliphatic carbocycles. The van der Waals surface area contributed by atoms with Crippen molar-refractivity contribution >= 4 is 11.6 Å². The summed E-state index contributed by atoms with van der Waals surface area (Å²) in [5.41, 5.74) is 0. The Labute approximate surface area is 50.0 Å². The third-order valence-electron chi connectivity index (χ3n) is 0.627. The Hall–Kier alpha value is -0.900. The summed E-state index contributed by atoms with van der Waals surface area (Å²) in [6.07, 6.45) is 1.37. The zero-order chi connectivity index (χ0) is 5.98. The van der Waals surface area contributed by atoms with Gasteiger partial charge in [-0.3, -0.25) is 0 Å². The molecule has 0 fully saturated rings. The van der Waals surface area contributed by atoms with E-state index in [2.05, 4.69) is 10.4 Å². The second-order valence-corrected chi connectivity index (χ2v) is 1.53. The van der Waals surface area contributed by atoms with Crippen molar-refractivity contribution in [2.24, 2.45) is 5.29 Å². The Morgan fingerprint density at radius 1 is 1.88 bits per heavy atom. The first kappa shape index (κ1) is 5.24. The van der Waals surface area contributed by atoms with Crippen molar-refractivity contribution in [3.8, 4) is 0 Å². The van der Waals surface area contributed by atoms with Gasteiger partial charge in [-0.1, -0.05) is 11.6 Å². The lowest BCUT2D eigenvalue weighted by Crippen LogP contribution is -1.83. The second kappa shape index (κ2) is 1.92. The van der Waals surface area contributed by atoms with Crippen LogP contribution in [0.2, 0.25) is 5.15 Å². The van der Waals surface area contributed by atoms with E-state index >= 15 is 0 Å². The van der Waals surface area contributed by atoms with Crippen molar-refractivity contribution in [3.63, 3.8) is 0 Å². The van der Waals surface area contributed by atoms with Crippen LogP contribution in [0, 0.1) is 4.91 Å². The number of rotatable bonds is 1. The SMILES string of the molecule is O=Nn1ccc(Cl)n1. The van der Waals surface area contributed by atoms with Gasteiger partial charge in [-0.15, -0.1) is 14.8 Å². The van der Waals surface area contributed by atoms with Gasteiger partial charge in [0.25, 0.3) is 0 Å². The summed E-state index contributed by atoms with van der Waals surface area (Å²) >= 11 is 5.31. The average Bonchev–Trinajstić information content (AvgIpc) is 2.14. The highest BCUT2D eigenvalue weighted by molar-refractivity contribution is 6.29. The fourth-order valence-electron chi connectivity index (χ4n) is 0.338. The van der Waals surface area contributed by atoms with E-state index in [-0.39, 0.29) is 5.15 Å². The summed E-state index contributed by atoms with van der Waals surface area (Å²) < 4.78 is 0. The number of nitrogens with zero attached hydrogens (tertiary/aromatic N) is 3. The van der Waals surface area contributed by atoms with Crippen LogP contribution in [0.3, 0.4) is 0 Å². The van der Waals surface area contributed by atoms with E-state index in [1.54, 1.807) is 0 Å². The number of halogens is 1. The molecule has 0 spiro atoms. The zero-order valence-corrected chi connectivity index (χ0v) is 4.54. The minimum absolute atomic E-state index is 0.268. The van der Waals surface area contributed by atoms with E-state index in [4.69, 9.17) is 11.6 Å². The molecule has 0 saturated carbocycles. The minimum atomic E-state index is 0.268. The molecule has 42 valence electrons. The van der Waals surface area contributed by atoms with Gasteiger partial charge in [-0.05, 0) is 6.07 Å². The van der Waals surface area contributed by atoms with Crippen molar-refractivity contribution < 1.29 is 0 Å². The average molecular weight is 132 g/mol. The molecule has 0 amide bonds. The van der Waals surface area contributed by atoms with Crippen LogP contribution in [-0.2, 0) is 0 Å². The number of hydrogen-bond acceptors (Lipinski definition) is 3. The second-order valence-electron chi connectivity index (χ2n) is 1.14. The lowest BCUT2D eigenvalue weighted by Gasteiger charge is -1.75. The quantitative estimate of drug-likeness (QED) is 0.535. The molecule has 0 aliphatic heterocycles. The summed E-state index contributed by atoms with van der Waals surface area (Å²) in [5.74, 6) is 0. The molecule has 1 rings (SSSR count). The standard InChI is InChI=1S/C3H2ClN3O/c4-3-1-2-7(5-3)6-8/h1-2H. The monoisotopic (exact) mass is 131 g/mol. The first-order valence-electron chi connectivity index (χ1n) is 1.88. The molecule has 5 heteroatoms. The van der Waals surface area contributed by atoms with Crippen molar-refractivity contribution in [2.45, 2.75) is 0 Å². The van der Waals surface area contributed by atoms with Crippen LogP contribution in [0.5, 0.6) is 0 Å². The molecule has 0 radical (unpaired) electrons. The topological polar surface area (TPSA) is 47.2 Å². The van der Waals surface area contributed by atoms with Crippen molar-refractivity contribution in [2.75, 3.05) is 0 Å². The van der Waals surface area contributed by atoms with Gasteiger partial charge in [0.05, 0.1) is 11.5 Å². The van der Waals surface area contributed by atoms with Gasteiger partial charge in [-0.2, -0.15) is 0 Å². The molecular weight excluding hydrogens is 130 g/mol. The van der Waals surface area contributed by atoms with E-state index < -0.39 is 0 Å². The van der Waals surface area contributed by atoms with E-state index in [0.29, 0.717) is 0 Å². The smallest absolute Gasteiger partial charge is 0.136 e. The van der Waals surface area contributed by atoms with Gasteiger partial charge in [-0.25, -0.2) is 0 Å². The highest BCUT2D eigenvalue weighted by atomic mass is 35.5. The molecule has 8 heavy (non-hydrogen) atoms. The Balaban J connectivity index is 3.00. The first-order valence-corrected chi connectivity index (χ1v) is 2.25. The summed E-state index contributed by atoms with van der Waals surface area (Å²) in [5, 5.41) is 6.16. The van der Waals surface area contributed by atoms with E-state index in [1.807, 2.05) is 0 Å². The van der Waals surface area contributed by atoms with Gasteiger partial charge < -0.3 is 0 Å². The molecule has 0 atom stereocenters. The predicted octanol–water partition coefficient (Wildman–Crippen LogP) is 1.07. The highest BCUT2D eigenvalue weighted by Gasteiger charge is 1.89. The van der Waals surface area contributed by atoms with Gasteiger partial charge in [0, 0.05) is 0 Å². The highest BCUT2D eigenvalue weighted by Crippen LogP contribution is 2.00. The van der Waals surface area contributed by atoms with Crippen LogP contribution >= 0.6 is 11.6 Å². The molecule has 1 heterocycles. The largest absolute Gasteiger partial charge is 0.153 e. The number of aromatic nitrogens is 2. The zero-order valence-electron chi connectivity index (χ0n) is 3.78. The fraction of sp³-hybridized carbons (Fsp3) is 0. The number of nitroso groups, excluding NO2 is 1. The maximum atomic E-state index is 9.61. The van der Waals surface area contributed by atoms with Crippen LogP contribution < -0.4 is 0 Å². The van der Waals surface area contributed by atoms with Gasteiger partial charge in [0.1, 0.15) is 0 Å². The maximum Gasteiger partial charge on any atom is 0.153 e. The molecule has 1 aromatic rings. The van der Waals surface area contributed by atoms with Crippen molar-refractivity contribution in [3.05, 3.63) is 22.3 Å². The molecule has 4 nitrogen and oxygen atoms in total. The maximum absolute atomic E-state index is 9.61. The van der Waals surface area contributed by atoms with Crippen LogP contribution in [0.1, 0.15) is 0 Å². The minimum Gasteiger partial charge on any atom is -0.136 e. The lowest BCUT2D eigenvalue weighted by atomic mass is 10.8. The van der Waals surface area contributed by atoms with E-state index in [9.17, 15) is 4.91 Å². The Bertz CT molecular complexity index is 196. The molecule has 1 aromatic heterocycles. The molecule has 0 saturated heterocycles. The Morgan fingerprint density at radius 3 is 2.88 bits per heavy atom. The Kier molecular flexibility index (Phi) is 1.26. The molecular formula is C3H2ClN3O. The van der Waals surface area contributed by atoms with Gasteiger partial charge in [0.2, 0.25) is 0 Å². The lowest BCUT2D eigenvalue weighted by molar-refractivity contribution is 0.733. The van der Waals surface area contributed by atoms with Crippen LogP contribution in [0.15, 0.2) is 17.5 Å². The Morgan fingerprint density at radius 2 is 2.62 bits per heavy atom. The molecule has 0 aliphatic rings. The molecule has 0 N–H and O–H groups in total. The van der Waals surface area contributed by atoms with Gasteiger partial charge in [0.15, 0.2) is 5.15 Å². The predicted molar refractivity (Wildman–Crippen MR) is 28.4 cm³/mol. The van der Waals surface area contributed by atoms with Crippen molar-refractivity contribution in [1.29, 1.82) is 0 Å². The van der Waals surface area contributed by atoms with Crippen LogP contribution in [-0.4, -0.2) is 9.89 Å². The number of hydrogen-bond donors (Lipinski definition) is 0. The summed E-state index contributed by atoms with van der Waals surface area (Å²) in [6.45, 7) is 0. The molecule has 0 aromatic carbocycles. The third-order valence-corrected chi connectivity index (χ3v) is 0.829. The molecule has 0 bridgehead atoms. The van der Waals surface area contributed by atoms with Crippen molar-refractivity contribution in [1.82, 2.24) is 9.89 Å². The summed E-state index contributed by atoms with van der Waals surface area (Å²) in [6, 6.07) is 1.48. The fourth-order valence-corrected chi connectivity index (χ4v) is 0.472. The first-order chi connectivity index (χ1) is 3.83. The van der Waals surface area contributed by atoms with Gasteiger partial charge >= 0.3 is 0 Å². The van der Waals surface area contributed by atoms with Crippen LogP contribution in [0.25, 0.3) is 0 Å². The van der Waals surface area contributed by atoms with Crippen LogP contribution in [0.4, 0.5) is 0 Å².